The molecule has 0 radical (unpaired) electrons. The van der Waals surface area contributed by atoms with E-state index in [0.717, 1.165) is 13.1 Å². The van der Waals surface area contributed by atoms with Crippen molar-refractivity contribution in [1.82, 2.24) is 10.6 Å². The van der Waals surface area contributed by atoms with Gasteiger partial charge in [-0.3, -0.25) is 4.79 Å². The summed E-state index contributed by atoms with van der Waals surface area (Å²) in [6.45, 7) is 2.37. The van der Waals surface area contributed by atoms with Crippen molar-refractivity contribution >= 4 is 5.91 Å². The SMILES string of the molecule is O=C(COc1ccccc1F)NCC1CNC1. The smallest absolute Gasteiger partial charge is 0.257 e. The quantitative estimate of drug-likeness (QED) is 0.787. The van der Waals surface area contributed by atoms with Gasteiger partial charge in [0.25, 0.3) is 5.91 Å². The van der Waals surface area contributed by atoms with Crippen molar-refractivity contribution in [3.63, 3.8) is 0 Å². The number of hydrogen-bond acceptors (Lipinski definition) is 3. The summed E-state index contributed by atoms with van der Waals surface area (Å²) in [6, 6.07) is 6.04. The molecule has 1 aromatic carbocycles. The summed E-state index contributed by atoms with van der Waals surface area (Å²) in [4.78, 5) is 11.4. The van der Waals surface area contributed by atoms with Crippen molar-refractivity contribution < 1.29 is 13.9 Å². The zero-order valence-electron chi connectivity index (χ0n) is 9.41. The molecule has 92 valence electrons. The van der Waals surface area contributed by atoms with Crippen LogP contribution in [0.1, 0.15) is 0 Å². The number of carbonyl (C=O) groups is 1. The molecule has 0 aliphatic carbocycles. The summed E-state index contributed by atoms with van der Waals surface area (Å²) in [5.74, 6) is -0.0657. The summed E-state index contributed by atoms with van der Waals surface area (Å²) in [5.41, 5.74) is 0. The summed E-state index contributed by atoms with van der Waals surface area (Å²) in [6.07, 6.45) is 0. The van der Waals surface area contributed by atoms with E-state index < -0.39 is 5.82 Å². The highest BCUT2D eigenvalue weighted by molar-refractivity contribution is 5.77. The molecule has 1 amide bonds. The Morgan fingerprint density at radius 1 is 1.47 bits per heavy atom. The molecule has 1 aliphatic heterocycles. The fourth-order valence-electron chi connectivity index (χ4n) is 1.51. The molecule has 1 aliphatic rings. The van der Waals surface area contributed by atoms with Gasteiger partial charge >= 0.3 is 0 Å². The van der Waals surface area contributed by atoms with Crippen LogP contribution < -0.4 is 15.4 Å². The van der Waals surface area contributed by atoms with E-state index >= 15 is 0 Å². The van der Waals surface area contributed by atoms with E-state index in [0.29, 0.717) is 12.5 Å². The van der Waals surface area contributed by atoms with E-state index in [1.165, 1.54) is 12.1 Å². The van der Waals surface area contributed by atoms with Gasteiger partial charge in [-0.15, -0.1) is 0 Å². The molecule has 4 nitrogen and oxygen atoms in total. The predicted octanol–water partition coefficient (Wildman–Crippen LogP) is 0.540. The van der Waals surface area contributed by atoms with E-state index in [4.69, 9.17) is 4.74 Å². The van der Waals surface area contributed by atoms with Crippen molar-refractivity contribution in [2.75, 3.05) is 26.2 Å². The van der Waals surface area contributed by atoms with Crippen LogP contribution in [-0.4, -0.2) is 32.1 Å². The molecule has 0 bridgehead atoms. The van der Waals surface area contributed by atoms with Crippen LogP contribution >= 0.6 is 0 Å². The summed E-state index contributed by atoms with van der Waals surface area (Å²) >= 11 is 0. The molecule has 17 heavy (non-hydrogen) atoms. The van der Waals surface area contributed by atoms with Crippen LogP contribution in [0.2, 0.25) is 0 Å². The van der Waals surface area contributed by atoms with Crippen LogP contribution in [0.4, 0.5) is 4.39 Å². The van der Waals surface area contributed by atoms with Crippen LogP contribution in [0.5, 0.6) is 5.75 Å². The fraction of sp³-hybridized carbons (Fsp3) is 0.417. The van der Waals surface area contributed by atoms with Gasteiger partial charge in [0.2, 0.25) is 0 Å². The van der Waals surface area contributed by atoms with E-state index in [1.54, 1.807) is 12.1 Å². The van der Waals surface area contributed by atoms with Crippen LogP contribution in [0, 0.1) is 11.7 Å². The van der Waals surface area contributed by atoms with Crippen molar-refractivity contribution in [2.45, 2.75) is 0 Å². The maximum Gasteiger partial charge on any atom is 0.257 e. The second-order valence-electron chi connectivity index (χ2n) is 4.05. The summed E-state index contributed by atoms with van der Waals surface area (Å²) < 4.78 is 18.2. The average molecular weight is 238 g/mol. The maximum atomic E-state index is 13.2. The summed E-state index contributed by atoms with van der Waals surface area (Å²) in [5, 5.41) is 5.87. The Bertz CT molecular complexity index is 394. The normalized spacial score (nSPS) is 15.1. The van der Waals surface area contributed by atoms with Crippen molar-refractivity contribution in [3.05, 3.63) is 30.1 Å². The number of benzene rings is 1. The van der Waals surface area contributed by atoms with Gasteiger partial charge in [-0.05, 0) is 12.1 Å². The zero-order valence-corrected chi connectivity index (χ0v) is 9.41. The van der Waals surface area contributed by atoms with Gasteiger partial charge in [0.05, 0.1) is 0 Å². The third kappa shape index (κ3) is 3.42. The molecular formula is C12H15FN2O2. The second-order valence-corrected chi connectivity index (χ2v) is 4.05. The molecular weight excluding hydrogens is 223 g/mol. The molecule has 5 heteroatoms. The number of nitrogens with one attached hydrogen (secondary N) is 2. The molecule has 0 saturated carbocycles. The Morgan fingerprint density at radius 2 is 2.24 bits per heavy atom. The van der Waals surface area contributed by atoms with Gasteiger partial charge in [-0.25, -0.2) is 4.39 Å². The topological polar surface area (TPSA) is 50.4 Å². The molecule has 2 N–H and O–H groups in total. The minimum atomic E-state index is -0.455. The number of rotatable bonds is 5. The highest BCUT2D eigenvalue weighted by Crippen LogP contribution is 2.14. The van der Waals surface area contributed by atoms with Crippen molar-refractivity contribution in [1.29, 1.82) is 0 Å². The highest BCUT2D eigenvalue weighted by atomic mass is 19.1. The molecule has 1 saturated heterocycles. The predicted molar refractivity (Wildman–Crippen MR) is 61.3 cm³/mol. The fourth-order valence-corrected chi connectivity index (χ4v) is 1.51. The van der Waals surface area contributed by atoms with E-state index in [-0.39, 0.29) is 18.3 Å². The van der Waals surface area contributed by atoms with Gasteiger partial charge in [0, 0.05) is 25.6 Å². The molecule has 0 spiro atoms. The first kappa shape index (κ1) is 11.9. The average Bonchev–Trinajstić information content (AvgIpc) is 2.26. The van der Waals surface area contributed by atoms with E-state index in [9.17, 15) is 9.18 Å². The minimum Gasteiger partial charge on any atom is -0.481 e. The zero-order chi connectivity index (χ0) is 12.1. The molecule has 0 atom stereocenters. The maximum absolute atomic E-state index is 13.2. The molecule has 1 fully saturated rings. The number of carbonyl (C=O) groups excluding carboxylic acids is 1. The monoisotopic (exact) mass is 238 g/mol. The lowest BCUT2D eigenvalue weighted by atomic mass is 10.0. The third-order valence-electron chi connectivity index (χ3n) is 2.65. The molecule has 0 aromatic heterocycles. The number of halogens is 1. The lowest BCUT2D eigenvalue weighted by Gasteiger charge is -2.27. The van der Waals surface area contributed by atoms with Crippen LogP contribution in [0.15, 0.2) is 24.3 Å². The molecule has 1 heterocycles. The Morgan fingerprint density at radius 3 is 2.88 bits per heavy atom. The first-order valence-electron chi connectivity index (χ1n) is 5.60. The lowest BCUT2D eigenvalue weighted by Crippen LogP contribution is -2.48. The highest BCUT2D eigenvalue weighted by Gasteiger charge is 2.17. The number of hydrogen-bond donors (Lipinski definition) is 2. The Labute approximate surface area is 99.2 Å². The first-order chi connectivity index (χ1) is 8.25. The van der Waals surface area contributed by atoms with Gasteiger partial charge in [-0.1, -0.05) is 12.1 Å². The Kier molecular flexibility index (Phi) is 3.93. The number of para-hydroxylation sites is 1. The molecule has 2 rings (SSSR count). The number of ether oxygens (including phenoxy) is 1. The van der Waals surface area contributed by atoms with Gasteiger partial charge in [0.15, 0.2) is 18.2 Å². The van der Waals surface area contributed by atoms with Crippen LogP contribution in [0.25, 0.3) is 0 Å². The first-order valence-corrected chi connectivity index (χ1v) is 5.60. The van der Waals surface area contributed by atoms with E-state index in [1.807, 2.05) is 0 Å². The Balaban J connectivity index is 1.70. The van der Waals surface area contributed by atoms with Gasteiger partial charge in [0.1, 0.15) is 0 Å². The molecule has 1 aromatic rings. The van der Waals surface area contributed by atoms with Crippen molar-refractivity contribution in [2.24, 2.45) is 5.92 Å². The summed E-state index contributed by atoms with van der Waals surface area (Å²) in [7, 11) is 0. The van der Waals surface area contributed by atoms with Crippen molar-refractivity contribution in [3.8, 4) is 5.75 Å². The van der Waals surface area contributed by atoms with Crippen LogP contribution in [0.3, 0.4) is 0 Å². The van der Waals surface area contributed by atoms with Gasteiger partial charge < -0.3 is 15.4 Å². The molecule has 0 unspecified atom stereocenters. The minimum absolute atomic E-state index is 0.105. The van der Waals surface area contributed by atoms with Gasteiger partial charge in [-0.2, -0.15) is 0 Å². The van der Waals surface area contributed by atoms with E-state index in [2.05, 4.69) is 10.6 Å². The third-order valence-corrected chi connectivity index (χ3v) is 2.65. The van der Waals surface area contributed by atoms with Crippen LogP contribution in [-0.2, 0) is 4.79 Å². The second kappa shape index (κ2) is 5.63. The lowest BCUT2D eigenvalue weighted by molar-refractivity contribution is -0.123. The largest absolute Gasteiger partial charge is 0.481 e. The standard InChI is InChI=1S/C12H15FN2O2/c13-10-3-1-2-4-11(10)17-8-12(16)15-7-9-5-14-6-9/h1-4,9,14H,5-8H2,(H,15,16). The Hall–Kier alpha value is -1.62. The number of amides is 1.